The fraction of sp³-hybridized carbons (Fsp3) is 0.778. The van der Waals surface area contributed by atoms with Gasteiger partial charge in [0, 0.05) is 12.3 Å². The van der Waals surface area contributed by atoms with Crippen molar-refractivity contribution in [1.82, 2.24) is 0 Å². The van der Waals surface area contributed by atoms with Crippen LogP contribution >= 0.6 is 12.6 Å². The molecule has 74 valence electrons. The van der Waals surface area contributed by atoms with E-state index in [4.69, 9.17) is 5.11 Å². The summed E-state index contributed by atoms with van der Waals surface area (Å²) < 4.78 is 0. The van der Waals surface area contributed by atoms with Crippen molar-refractivity contribution >= 4 is 24.4 Å². The summed E-state index contributed by atoms with van der Waals surface area (Å²) in [5.41, 5.74) is 0. The van der Waals surface area contributed by atoms with E-state index in [-0.39, 0.29) is 11.7 Å². The third kappa shape index (κ3) is 2.46. The van der Waals surface area contributed by atoms with Crippen molar-refractivity contribution in [2.24, 2.45) is 11.8 Å². The van der Waals surface area contributed by atoms with Gasteiger partial charge in [0.25, 0.3) is 0 Å². The normalized spacial score (nSPS) is 27.5. The zero-order chi connectivity index (χ0) is 9.84. The zero-order valence-corrected chi connectivity index (χ0v) is 8.30. The Hall–Kier alpha value is -0.510. The van der Waals surface area contributed by atoms with E-state index in [1.165, 1.54) is 0 Å². The molecule has 0 saturated heterocycles. The van der Waals surface area contributed by atoms with Gasteiger partial charge in [0.05, 0.1) is 5.92 Å². The van der Waals surface area contributed by atoms with Gasteiger partial charge in [-0.05, 0) is 18.6 Å². The second kappa shape index (κ2) is 4.65. The van der Waals surface area contributed by atoms with Gasteiger partial charge >= 0.3 is 5.97 Å². The van der Waals surface area contributed by atoms with Gasteiger partial charge in [-0.25, -0.2) is 0 Å². The maximum Gasteiger partial charge on any atom is 0.307 e. The molecule has 0 bridgehead atoms. The summed E-state index contributed by atoms with van der Waals surface area (Å²) in [6.45, 7) is 0. The fourth-order valence-corrected chi connectivity index (χ4v) is 2.16. The highest BCUT2D eigenvalue weighted by Crippen LogP contribution is 2.33. The maximum atomic E-state index is 11.4. The van der Waals surface area contributed by atoms with Gasteiger partial charge in [0.2, 0.25) is 0 Å². The van der Waals surface area contributed by atoms with Crippen LogP contribution in [0.25, 0.3) is 0 Å². The quantitative estimate of drug-likeness (QED) is 0.677. The largest absolute Gasteiger partial charge is 0.481 e. The summed E-state index contributed by atoms with van der Waals surface area (Å²) in [4.78, 5) is 22.2. The Kier molecular flexibility index (Phi) is 3.78. The highest BCUT2D eigenvalue weighted by Gasteiger charge is 2.36. The van der Waals surface area contributed by atoms with Crippen molar-refractivity contribution in [3.05, 3.63) is 0 Å². The molecule has 4 heteroatoms. The van der Waals surface area contributed by atoms with Gasteiger partial charge in [0.1, 0.15) is 5.78 Å². The Labute approximate surface area is 82.9 Å². The monoisotopic (exact) mass is 202 g/mol. The molecule has 1 N–H and O–H groups in total. The summed E-state index contributed by atoms with van der Waals surface area (Å²) in [6, 6.07) is 0. The van der Waals surface area contributed by atoms with Crippen LogP contribution in [0.15, 0.2) is 0 Å². The van der Waals surface area contributed by atoms with Gasteiger partial charge in [-0.15, -0.1) is 0 Å². The predicted octanol–water partition coefficient (Wildman–Crippen LogP) is 1.38. The summed E-state index contributed by atoms with van der Waals surface area (Å²) in [5.74, 6) is -0.922. The molecule has 0 aromatic heterocycles. The molecule has 0 radical (unpaired) electrons. The summed E-state index contributed by atoms with van der Waals surface area (Å²) in [5, 5.41) is 8.83. The summed E-state index contributed by atoms with van der Waals surface area (Å²) in [6.07, 6.45) is 2.65. The van der Waals surface area contributed by atoms with Gasteiger partial charge < -0.3 is 5.11 Å². The molecule has 1 fully saturated rings. The van der Waals surface area contributed by atoms with Crippen molar-refractivity contribution in [2.45, 2.75) is 25.7 Å². The number of ketones is 1. The Morgan fingerprint density at radius 2 is 1.92 bits per heavy atom. The van der Waals surface area contributed by atoms with Crippen LogP contribution in [0.4, 0.5) is 0 Å². The lowest BCUT2D eigenvalue weighted by Gasteiger charge is -2.13. The average Bonchev–Trinajstić information content (AvgIpc) is 2.52. The molecule has 1 aliphatic rings. The molecule has 3 nitrogen and oxygen atoms in total. The lowest BCUT2D eigenvalue weighted by atomic mass is 9.91. The third-order valence-electron chi connectivity index (χ3n) is 2.60. The number of carbonyl (C=O) groups is 2. The van der Waals surface area contributed by atoms with Gasteiger partial charge in [-0.2, -0.15) is 12.6 Å². The molecule has 0 spiro atoms. The minimum atomic E-state index is -0.824. The number of thiol groups is 1. The van der Waals surface area contributed by atoms with Crippen LogP contribution in [0, 0.1) is 11.8 Å². The number of carboxylic acid groups (broad SMARTS) is 1. The van der Waals surface area contributed by atoms with E-state index in [1.807, 2.05) is 0 Å². The van der Waals surface area contributed by atoms with Crippen LogP contribution in [-0.2, 0) is 9.59 Å². The predicted molar refractivity (Wildman–Crippen MR) is 51.9 cm³/mol. The molecule has 0 aromatic rings. The van der Waals surface area contributed by atoms with Crippen LogP contribution in [0.1, 0.15) is 25.7 Å². The number of hydrogen-bond donors (Lipinski definition) is 2. The smallest absolute Gasteiger partial charge is 0.307 e. The molecular weight excluding hydrogens is 188 g/mol. The first-order chi connectivity index (χ1) is 6.16. The van der Waals surface area contributed by atoms with Crippen molar-refractivity contribution in [3.8, 4) is 0 Å². The number of rotatable bonds is 4. The van der Waals surface area contributed by atoms with Gasteiger partial charge in [-0.1, -0.05) is 6.42 Å². The molecule has 0 aromatic carbocycles. The van der Waals surface area contributed by atoms with Crippen molar-refractivity contribution < 1.29 is 14.7 Å². The van der Waals surface area contributed by atoms with Crippen LogP contribution in [0.5, 0.6) is 0 Å². The van der Waals surface area contributed by atoms with Crippen LogP contribution in [0.2, 0.25) is 0 Å². The summed E-state index contributed by atoms with van der Waals surface area (Å²) in [7, 11) is 0. The number of Topliss-reactive ketones (excluding diaryl/α,β-unsaturated/α-hetero) is 1. The lowest BCUT2D eigenvalue weighted by molar-refractivity contribution is -0.145. The van der Waals surface area contributed by atoms with Crippen LogP contribution in [-0.4, -0.2) is 22.6 Å². The molecule has 0 aliphatic heterocycles. The van der Waals surface area contributed by atoms with Gasteiger partial charge in [-0.3, -0.25) is 9.59 Å². The number of aliphatic carboxylic acids is 1. The minimum Gasteiger partial charge on any atom is -0.481 e. The second-order valence-electron chi connectivity index (χ2n) is 3.42. The first-order valence-corrected chi connectivity index (χ1v) is 5.16. The molecule has 2 atom stereocenters. The van der Waals surface area contributed by atoms with E-state index in [9.17, 15) is 9.59 Å². The topological polar surface area (TPSA) is 54.4 Å². The van der Waals surface area contributed by atoms with E-state index in [0.717, 1.165) is 12.8 Å². The molecule has 0 heterocycles. The van der Waals surface area contributed by atoms with Gasteiger partial charge in [0.15, 0.2) is 0 Å². The molecule has 0 unspecified atom stereocenters. The van der Waals surface area contributed by atoms with E-state index in [1.54, 1.807) is 0 Å². The lowest BCUT2D eigenvalue weighted by Crippen LogP contribution is -2.25. The Bertz CT molecular complexity index is 215. The number of hydrogen-bond acceptors (Lipinski definition) is 3. The molecule has 1 aliphatic carbocycles. The molecule has 0 amide bonds. The van der Waals surface area contributed by atoms with E-state index < -0.39 is 11.9 Å². The Balaban J connectivity index is 2.57. The van der Waals surface area contributed by atoms with Crippen molar-refractivity contribution in [2.75, 3.05) is 5.75 Å². The first-order valence-electron chi connectivity index (χ1n) is 4.53. The maximum absolute atomic E-state index is 11.4. The molecule has 13 heavy (non-hydrogen) atoms. The van der Waals surface area contributed by atoms with Crippen molar-refractivity contribution in [1.29, 1.82) is 0 Å². The minimum absolute atomic E-state index is 0.0694. The van der Waals surface area contributed by atoms with Crippen molar-refractivity contribution in [3.63, 3.8) is 0 Å². The number of carbonyl (C=O) groups excluding carboxylic acids is 1. The second-order valence-corrected chi connectivity index (χ2v) is 3.87. The van der Waals surface area contributed by atoms with Crippen LogP contribution in [0.3, 0.4) is 0 Å². The Morgan fingerprint density at radius 1 is 1.31 bits per heavy atom. The zero-order valence-electron chi connectivity index (χ0n) is 7.40. The fourth-order valence-electron chi connectivity index (χ4n) is 1.94. The van der Waals surface area contributed by atoms with Crippen LogP contribution < -0.4 is 0 Å². The van der Waals surface area contributed by atoms with E-state index >= 15 is 0 Å². The summed E-state index contributed by atoms with van der Waals surface area (Å²) >= 11 is 3.97. The SMILES string of the molecule is O=C(O)[C@@H]1CCC[C@H]1C(=O)CCS. The highest BCUT2D eigenvalue weighted by atomic mass is 32.1. The number of carboxylic acids is 1. The molecule has 1 rings (SSSR count). The Morgan fingerprint density at radius 3 is 2.46 bits per heavy atom. The molecule has 1 saturated carbocycles. The van der Waals surface area contributed by atoms with E-state index in [2.05, 4.69) is 12.6 Å². The highest BCUT2D eigenvalue weighted by molar-refractivity contribution is 7.80. The standard InChI is InChI=1S/C9H14O3S/c10-8(4-5-13)6-2-1-3-7(6)9(11)12/h6-7,13H,1-5H2,(H,11,12)/t6-,7-/m1/s1. The first kappa shape index (κ1) is 10.6. The van der Waals surface area contributed by atoms with E-state index in [0.29, 0.717) is 18.6 Å². The molecular formula is C9H14O3S. The average molecular weight is 202 g/mol. The third-order valence-corrected chi connectivity index (χ3v) is 2.83.